The van der Waals surface area contributed by atoms with Crippen molar-refractivity contribution in [1.29, 1.82) is 0 Å². The first-order chi connectivity index (χ1) is 19.0. The predicted octanol–water partition coefficient (Wildman–Crippen LogP) is 4.87. The fraction of sp³-hybridized carbons (Fsp3) is 0.0968. The number of ether oxygens (including phenoxy) is 2. The number of anilines is 1. The minimum absolute atomic E-state index is 0.0512. The van der Waals surface area contributed by atoms with Gasteiger partial charge in [0.1, 0.15) is 17.5 Å². The lowest BCUT2D eigenvalue weighted by atomic mass is 10.0. The number of hydrogen-bond acceptors (Lipinski definition) is 6. The van der Waals surface area contributed by atoms with Gasteiger partial charge in [-0.3, -0.25) is 19.3 Å². The van der Waals surface area contributed by atoms with Crippen molar-refractivity contribution in [2.24, 2.45) is 0 Å². The predicted molar refractivity (Wildman–Crippen MR) is 143 cm³/mol. The van der Waals surface area contributed by atoms with E-state index in [1.165, 1.54) is 0 Å². The van der Waals surface area contributed by atoms with Crippen LogP contribution >= 0.6 is 0 Å². The zero-order chi connectivity index (χ0) is 27.2. The van der Waals surface area contributed by atoms with E-state index in [1.807, 2.05) is 36.4 Å². The number of carbonyl (C=O) groups excluding carboxylic acids is 4. The number of benzene rings is 4. The van der Waals surface area contributed by atoms with Crippen LogP contribution in [0.1, 0.15) is 26.3 Å². The Hall–Kier alpha value is -5.24. The van der Waals surface area contributed by atoms with E-state index in [1.54, 1.807) is 72.8 Å². The number of imide groups is 1. The Morgan fingerprint density at radius 1 is 0.692 bits per heavy atom. The molecule has 0 radical (unpaired) electrons. The zero-order valence-corrected chi connectivity index (χ0v) is 20.8. The number of fused-ring (bicyclic) bond motifs is 1. The van der Waals surface area contributed by atoms with Crippen molar-refractivity contribution < 1.29 is 28.7 Å². The third kappa shape index (κ3) is 5.86. The van der Waals surface area contributed by atoms with Crippen molar-refractivity contribution in [3.05, 3.63) is 126 Å². The molecule has 8 heteroatoms. The molecule has 1 N–H and O–H groups in total. The van der Waals surface area contributed by atoms with E-state index in [-0.39, 0.29) is 17.5 Å². The van der Waals surface area contributed by atoms with Crippen molar-refractivity contribution in [1.82, 2.24) is 4.90 Å². The van der Waals surface area contributed by atoms with E-state index in [2.05, 4.69) is 5.32 Å². The first-order valence-corrected chi connectivity index (χ1v) is 12.3. The summed E-state index contributed by atoms with van der Waals surface area (Å²) >= 11 is 0. The molecule has 5 rings (SSSR count). The topological polar surface area (TPSA) is 102 Å². The normalized spacial score (nSPS) is 13.0. The molecule has 0 fully saturated rings. The van der Waals surface area contributed by atoms with Crippen molar-refractivity contribution in [2.75, 3.05) is 11.9 Å². The molecule has 1 atom stereocenters. The van der Waals surface area contributed by atoms with Crippen molar-refractivity contribution in [3.63, 3.8) is 0 Å². The second kappa shape index (κ2) is 11.4. The molecule has 0 aliphatic carbocycles. The summed E-state index contributed by atoms with van der Waals surface area (Å²) in [5, 5.41) is 2.66. The average Bonchev–Trinajstić information content (AvgIpc) is 3.22. The Morgan fingerprint density at radius 2 is 1.23 bits per heavy atom. The maximum absolute atomic E-state index is 13.2. The lowest BCUT2D eigenvalue weighted by Gasteiger charge is -2.24. The fourth-order valence-corrected chi connectivity index (χ4v) is 4.27. The Kier molecular flexibility index (Phi) is 7.45. The molecule has 0 aromatic heterocycles. The van der Waals surface area contributed by atoms with Gasteiger partial charge in [-0.1, -0.05) is 60.7 Å². The van der Waals surface area contributed by atoms with Gasteiger partial charge in [-0.15, -0.1) is 0 Å². The number of esters is 1. The van der Waals surface area contributed by atoms with Gasteiger partial charge in [0.05, 0.1) is 11.1 Å². The van der Waals surface area contributed by atoms with Crippen molar-refractivity contribution in [2.45, 2.75) is 12.5 Å². The van der Waals surface area contributed by atoms with Crippen LogP contribution in [0.3, 0.4) is 0 Å². The minimum Gasteiger partial charge on any atom is -0.457 e. The quantitative estimate of drug-likeness (QED) is 0.250. The van der Waals surface area contributed by atoms with Crippen LogP contribution < -0.4 is 10.1 Å². The Balaban J connectivity index is 1.24. The Bertz CT molecular complexity index is 1470. The lowest BCUT2D eigenvalue weighted by Crippen LogP contribution is -2.47. The summed E-state index contributed by atoms with van der Waals surface area (Å²) in [5.74, 6) is -1.29. The van der Waals surface area contributed by atoms with Crippen molar-refractivity contribution >= 4 is 29.4 Å². The molecule has 0 unspecified atom stereocenters. The van der Waals surface area contributed by atoms with Gasteiger partial charge in [-0.05, 0) is 54.1 Å². The van der Waals surface area contributed by atoms with E-state index < -0.39 is 36.3 Å². The van der Waals surface area contributed by atoms with Gasteiger partial charge in [0, 0.05) is 12.1 Å². The van der Waals surface area contributed by atoms with Crippen LogP contribution in [0.2, 0.25) is 0 Å². The first-order valence-electron chi connectivity index (χ1n) is 12.3. The highest BCUT2D eigenvalue weighted by Gasteiger charge is 2.43. The molecule has 3 amide bonds. The Labute approximate surface area is 224 Å². The van der Waals surface area contributed by atoms with Crippen molar-refractivity contribution in [3.8, 4) is 11.5 Å². The highest BCUT2D eigenvalue weighted by Crippen LogP contribution is 2.27. The summed E-state index contributed by atoms with van der Waals surface area (Å²) in [6.07, 6.45) is 0.0512. The molecule has 4 aromatic rings. The molecular weight excluding hydrogens is 496 g/mol. The Morgan fingerprint density at radius 3 is 1.85 bits per heavy atom. The smallest absolute Gasteiger partial charge is 0.330 e. The van der Waals surface area contributed by atoms with Crippen LogP contribution in [0.5, 0.6) is 11.5 Å². The summed E-state index contributed by atoms with van der Waals surface area (Å²) in [4.78, 5) is 52.8. The second-order valence-electron chi connectivity index (χ2n) is 8.83. The molecule has 4 aromatic carbocycles. The average molecular weight is 521 g/mol. The van der Waals surface area contributed by atoms with E-state index in [4.69, 9.17) is 9.47 Å². The number of nitrogens with one attached hydrogen (secondary N) is 1. The van der Waals surface area contributed by atoms with Crippen LogP contribution in [-0.4, -0.2) is 41.2 Å². The molecule has 39 heavy (non-hydrogen) atoms. The number of carbonyl (C=O) groups is 4. The van der Waals surface area contributed by atoms with Gasteiger partial charge in [0.25, 0.3) is 17.7 Å². The van der Waals surface area contributed by atoms with Gasteiger partial charge in [0.15, 0.2) is 6.61 Å². The molecule has 8 nitrogen and oxygen atoms in total. The van der Waals surface area contributed by atoms with Crippen LogP contribution in [0, 0.1) is 0 Å². The fourth-order valence-electron chi connectivity index (χ4n) is 4.27. The molecule has 0 spiro atoms. The number of para-hydroxylation sites is 1. The molecule has 0 saturated carbocycles. The van der Waals surface area contributed by atoms with Gasteiger partial charge in [-0.2, -0.15) is 0 Å². The summed E-state index contributed by atoms with van der Waals surface area (Å²) < 4.78 is 11.0. The summed E-state index contributed by atoms with van der Waals surface area (Å²) in [6.45, 7) is -0.588. The lowest BCUT2D eigenvalue weighted by molar-refractivity contribution is -0.151. The number of hydrogen-bond donors (Lipinski definition) is 1. The summed E-state index contributed by atoms with van der Waals surface area (Å²) in [6, 6.07) is 30.2. The molecule has 1 aliphatic rings. The molecular formula is C31H24N2O6. The highest BCUT2D eigenvalue weighted by molar-refractivity contribution is 6.22. The van der Waals surface area contributed by atoms with Crippen LogP contribution in [-0.2, 0) is 20.7 Å². The van der Waals surface area contributed by atoms with Gasteiger partial charge in [0.2, 0.25) is 0 Å². The maximum atomic E-state index is 13.2. The summed E-state index contributed by atoms with van der Waals surface area (Å²) in [7, 11) is 0. The minimum atomic E-state index is -1.23. The molecule has 0 saturated heterocycles. The van der Waals surface area contributed by atoms with Crippen LogP contribution in [0.4, 0.5) is 5.69 Å². The molecule has 1 aliphatic heterocycles. The van der Waals surface area contributed by atoms with E-state index >= 15 is 0 Å². The van der Waals surface area contributed by atoms with Gasteiger partial charge < -0.3 is 14.8 Å². The third-order valence-corrected chi connectivity index (χ3v) is 6.14. The molecule has 194 valence electrons. The highest BCUT2D eigenvalue weighted by atomic mass is 16.5. The SMILES string of the molecule is O=C(COC(=O)[C@@H](Cc1ccccc1)N1C(=O)c2ccccc2C1=O)Nc1ccc(Oc2ccccc2)cc1. The van der Waals surface area contributed by atoms with Gasteiger partial charge in [-0.25, -0.2) is 4.79 Å². The zero-order valence-electron chi connectivity index (χ0n) is 20.8. The number of rotatable bonds is 9. The maximum Gasteiger partial charge on any atom is 0.330 e. The van der Waals surface area contributed by atoms with E-state index in [9.17, 15) is 19.2 Å². The van der Waals surface area contributed by atoms with Crippen LogP contribution in [0.25, 0.3) is 0 Å². The van der Waals surface area contributed by atoms with Gasteiger partial charge >= 0.3 is 5.97 Å². The second-order valence-corrected chi connectivity index (χ2v) is 8.83. The van der Waals surface area contributed by atoms with E-state index in [0.29, 0.717) is 17.2 Å². The summed E-state index contributed by atoms with van der Waals surface area (Å²) in [5.41, 5.74) is 1.67. The third-order valence-electron chi connectivity index (χ3n) is 6.14. The number of nitrogens with zero attached hydrogens (tertiary/aromatic N) is 1. The number of amides is 3. The standard InChI is InChI=1S/C31H24N2O6/c34-28(32-22-15-17-24(18-16-22)39-23-11-5-2-6-12-23)20-38-31(37)27(19-21-9-3-1-4-10-21)33-29(35)25-13-7-8-14-26(25)30(33)36/h1-18,27H,19-20H2,(H,32,34)/t27-/m1/s1. The molecule has 1 heterocycles. The molecule has 0 bridgehead atoms. The van der Waals surface area contributed by atoms with E-state index in [0.717, 1.165) is 10.5 Å². The largest absolute Gasteiger partial charge is 0.457 e. The first kappa shape index (κ1) is 25.4. The monoisotopic (exact) mass is 520 g/mol. The van der Waals surface area contributed by atoms with Crippen LogP contribution in [0.15, 0.2) is 109 Å².